The maximum absolute atomic E-state index is 5.46. The lowest BCUT2D eigenvalue weighted by Gasteiger charge is -2.19. The number of hydrogen-bond donors (Lipinski definition) is 1. The average Bonchev–Trinajstić information content (AvgIpc) is 3.00. The monoisotopic (exact) mass is 195 g/mol. The molecule has 14 heavy (non-hydrogen) atoms. The summed E-state index contributed by atoms with van der Waals surface area (Å²) in [5.41, 5.74) is 1.48. The molecule has 1 aliphatic heterocycles. The fourth-order valence-corrected chi connectivity index (χ4v) is 1.95. The van der Waals surface area contributed by atoms with Crippen LogP contribution in [-0.4, -0.2) is 25.8 Å². The highest BCUT2D eigenvalue weighted by molar-refractivity contribution is 5.04. The van der Waals surface area contributed by atoms with Crippen LogP contribution in [0.1, 0.15) is 32.6 Å². The zero-order chi connectivity index (χ0) is 9.80. The summed E-state index contributed by atoms with van der Waals surface area (Å²) in [4.78, 5) is 0. The summed E-state index contributed by atoms with van der Waals surface area (Å²) in [7, 11) is 0. The lowest BCUT2D eigenvalue weighted by atomic mass is 9.99. The van der Waals surface area contributed by atoms with Crippen LogP contribution in [0.2, 0.25) is 0 Å². The van der Waals surface area contributed by atoms with E-state index in [1.54, 1.807) is 0 Å². The minimum Gasteiger partial charge on any atom is -0.381 e. The Bertz CT molecular complexity index is 202. The summed E-state index contributed by atoms with van der Waals surface area (Å²) in [6, 6.07) is 0.820. The van der Waals surface area contributed by atoms with Crippen molar-refractivity contribution in [3.8, 4) is 0 Å². The van der Waals surface area contributed by atoms with E-state index < -0.39 is 0 Å². The molecule has 2 aliphatic rings. The van der Waals surface area contributed by atoms with Crippen LogP contribution in [0, 0.1) is 5.92 Å². The topological polar surface area (TPSA) is 21.3 Å². The van der Waals surface area contributed by atoms with E-state index in [4.69, 9.17) is 4.74 Å². The first-order valence-corrected chi connectivity index (χ1v) is 5.83. The molecule has 2 fully saturated rings. The molecule has 2 heteroatoms. The number of ether oxygens (including phenoxy) is 1. The van der Waals surface area contributed by atoms with Crippen LogP contribution in [0.4, 0.5) is 0 Å². The van der Waals surface area contributed by atoms with Gasteiger partial charge in [0.15, 0.2) is 0 Å². The Kier molecular flexibility index (Phi) is 3.60. The van der Waals surface area contributed by atoms with Gasteiger partial charge in [0, 0.05) is 25.1 Å². The van der Waals surface area contributed by atoms with Crippen LogP contribution in [0.5, 0.6) is 0 Å². The molecule has 0 amide bonds. The molecule has 80 valence electrons. The molecule has 0 aromatic rings. The Morgan fingerprint density at radius 2 is 2.29 bits per heavy atom. The Labute approximate surface area is 86.7 Å². The molecule has 2 nitrogen and oxygen atoms in total. The third-order valence-corrected chi connectivity index (χ3v) is 2.96. The number of rotatable bonds is 4. The zero-order valence-electron chi connectivity index (χ0n) is 9.09. The molecular formula is C12H21NO. The van der Waals surface area contributed by atoms with Crippen molar-refractivity contribution in [1.82, 2.24) is 5.32 Å². The first-order valence-electron chi connectivity index (χ1n) is 5.83. The second kappa shape index (κ2) is 4.94. The van der Waals surface area contributed by atoms with Gasteiger partial charge < -0.3 is 10.1 Å². The van der Waals surface area contributed by atoms with Gasteiger partial charge in [0.2, 0.25) is 0 Å². The molecule has 0 aromatic carbocycles. The third kappa shape index (κ3) is 3.43. The summed E-state index contributed by atoms with van der Waals surface area (Å²) >= 11 is 0. The van der Waals surface area contributed by atoms with Crippen molar-refractivity contribution in [3.63, 3.8) is 0 Å². The van der Waals surface area contributed by atoms with Gasteiger partial charge >= 0.3 is 0 Å². The molecular weight excluding hydrogens is 174 g/mol. The first kappa shape index (κ1) is 10.2. The second-order valence-corrected chi connectivity index (χ2v) is 4.65. The largest absolute Gasteiger partial charge is 0.381 e. The molecule has 0 radical (unpaired) electrons. The predicted molar refractivity (Wildman–Crippen MR) is 58.3 cm³/mol. The molecule has 1 N–H and O–H groups in total. The minimum atomic E-state index is 0.671. The van der Waals surface area contributed by atoms with E-state index in [2.05, 4.69) is 18.3 Å². The highest BCUT2D eigenvalue weighted by Gasteiger charge is 2.20. The third-order valence-electron chi connectivity index (χ3n) is 2.96. The van der Waals surface area contributed by atoms with Crippen molar-refractivity contribution < 1.29 is 4.74 Å². The lowest BCUT2D eigenvalue weighted by Crippen LogP contribution is -2.20. The van der Waals surface area contributed by atoms with Crippen molar-refractivity contribution in [2.75, 3.05) is 19.8 Å². The van der Waals surface area contributed by atoms with Gasteiger partial charge in [-0.3, -0.25) is 0 Å². The van der Waals surface area contributed by atoms with Crippen molar-refractivity contribution >= 4 is 0 Å². The van der Waals surface area contributed by atoms with Crippen LogP contribution in [0.3, 0.4) is 0 Å². The molecule has 1 saturated heterocycles. The van der Waals surface area contributed by atoms with Crippen molar-refractivity contribution in [3.05, 3.63) is 11.6 Å². The van der Waals surface area contributed by atoms with Gasteiger partial charge in [-0.15, -0.1) is 0 Å². The van der Waals surface area contributed by atoms with E-state index in [1.807, 2.05) is 0 Å². The van der Waals surface area contributed by atoms with Gasteiger partial charge in [-0.05, 0) is 32.6 Å². The predicted octanol–water partition coefficient (Wildman–Crippen LogP) is 2.11. The van der Waals surface area contributed by atoms with E-state index in [1.165, 1.54) is 31.3 Å². The fourth-order valence-electron chi connectivity index (χ4n) is 1.95. The minimum absolute atomic E-state index is 0.671. The van der Waals surface area contributed by atoms with Crippen LogP contribution >= 0.6 is 0 Å². The van der Waals surface area contributed by atoms with E-state index in [-0.39, 0.29) is 0 Å². The van der Waals surface area contributed by atoms with Gasteiger partial charge in [0.05, 0.1) is 6.61 Å². The van der Waals surface area contributed by atoms with Crippen molar-refractivity contribution in [1.29, 1.82) is 0 Å². The van der Waals surface area contributed by atoms with Gasteiger partial charge in [0.1, 0.15) is 0 Å². The van der Waals surface area contributed by atoms with Crippen LogP contribution in [-0.2, 0) is 4.74 Å². The Morgan fingerprint density at radius 3 is 2.93 bits per heavy atom. The SMILES string of the molecule is CC(=CC1CCCOC1)CNC1CC1. The Hall–Kier alpha value is -0.340. The van der Waals surface area contributed by atoms with Gasteiger partial charge in [-0.2, -0.15) is 0 Å². The first-order chi connectivity index (χ1) is 6.84. The Morgan fingerprint density at radius 1 is 1.43 bits per heavy atom. The highest BCUT2D eigenvalue weighted by atomic mass is 16.5. The summed E-state index contributed by atoms with van der Waals surface area (Å²) in [5.74, 6) is 0.671. The van der Waals surface area contributed by atoms with E-state index >= 15 is 0 Å². The quantitative estimate of drug-likeness (QED) is 0.694. The van der Waals surface area contributed by atoms with Gasteiger partial charge in [0.25, 0.3) is 0 Å². The molecule has 1 heterocycles. The molecule has 0 aromatic heterocycles. The van der Waals surface area contributed by atoms with E-state index in [0.29, 0.717) is 5.92 Å². The van der Waals surface area contributed by atoms with E-state index in [9.17, 15) is 0 Å². The van der Waals surface area contributed by atoms with Crippen molar-refractivity contribution in [2.24, 2.45) is 5.92 Å². The summed E-state index contributed by atoms with van der Waals surface area (Å²) in [5, 5.41) is 3.54. The number of hydrogen-bond acceptors (Lipinski definition) is 2. The van der Waals surface area contributed by atoms with Gasteiger partial charge in [-0.25, -0.2) is 0 Å². The average molecular weight is 195 g/mol. The summed E-state index contributed by atoms with van der Waals surface area (Å²) < 4.78 is 5.46. The lowest BCUT2D eigenvalue weighted by molar-refractivity contribution is 0.0707. The number of nitrogens with one attached hydrogen (secondary N) is 1. The van der Waals surface area contributed by atoms with Crippen LogP contribution < -0.4 is 5.32 Å². The highest BCUT2D eigenvalue weighted by Crippen LogP contribution is 2.20. The molecule has 1 unspecified atom stereocenters. The molecule has 0 spiro atoms. The Balaban J connectivity index is 1.70. The zero-order valence-corrected chi connectivity index (χ0v) is 9.09. The van der Waals surface area contributed by atoms with E-state index in [0.717, 1.165) is 25.8 Å². The van der Waals surface area contributed by atoms with Gasteiger partial charge in [-0.1, -0.05) is 11.6 Å². The second-order valence-electron chi connectivity index (χ2n) is 4.65. The summed E-state index contributed by atoms with van der Waals surface area (Å²) in [6.45, 7) is 5.19. The molecule has 1 aliphatic carbocycles. The van der Waals surface area contributed by atoms with Crippen molar-refractivity contribution in [2.45, 2.75) is 38.6 Å². The summed E-state index contributed by atoms with van der Waals surface area (Å²) in [6.07, 6.45) is 7.68. The maximum atomic E-state index is 5.46. The van der Waals surface area contributed by atoms with Crippen LogP contribution in [0.25, 0.3) is 0 Å². The molecule has 1 saturated carbocycles. The standard InChI is InChI=1S/C12H21NO/c1-10(8-13-12-4-5-12)7-11-3-2-6-14-9-11/h7,11-13H,2-6,8-9H2,1H3. The molecule has 2 rings (SSSR count). The van der Waals surface area contributed by atoms with Crippen LogP contribution in [0.15, 0.2) is 11.6 Å². The maximum Gasteiger partial charge on any atom is 0.0528 e. The smallest absolute Gasteiger partial charge is 0.0528 e. The molecule has 0 bridgehead atoms. The molecule has 1 atom stereocenters. The normalized spacial score (nSPS) is 29.2. The fraction of sp³-hybridized carbons (Fsp3) is 0.833.